The minimum absolute atomic E-state index is 0.00120. The van der Waals surface area contributed by atoms with E-state index in [0.717, 1.165) is 11.1 Å². The molecule has 68 valence electrons. The second-order valence-electron chi connectivity index (χ2n) is 3.37. The summed E-state index contributed by atoms with van der Waals surface area (Å²) < 4.78 is 0. The molecule has 0 saturated carbocycles. The van der Waals surface area contributed by atoms with Crippen LogP contribution in [0.1, 0.15) is 17.2 Å². The number of nitrogens with zero attached hydrogens (tertiary/aromatic N) is 1. The van der Waals surface area contributed by atoms with Gasteiger partial charge in [0.05, 0.1) is 0 Å². The van der Waals surface area contributed by atoms with Crippen molar-refractivity contribution in [3.8, 4) is 0 Å². The number of carbonyl (C=O) groups excluding carboxylic acids is 1. The standard InChI is InChI=1S/C10H12N2O/c1-12-6-7-4-2-3-5-8(7)9(11)10(12)13/h2-5,9H,6,11H2,1H3/t9-/m0/s1. The van der Waals surface area contributed by atoms with Crippen LogP contribution >= 0.6 is 0 Å². The minimum Gasteiger partial charge on any atom is -0.340 e. The van der Waals surface area contributed by atoms with Crippen LogP contribution in [0.15, 0.2) is 24.3 Å². The van der Waals surface area contributed by atoms with Crippen LogP contribution in [0.4, 0.5) is 0 Å². The Hall–Kier alpha value is -1.35. The monoisotopic (exact) mass is 176 g/mol. The molecule has 0 spiro atoms. The Bertz CT molecular complexity index is 349. The lowest BCUT2D eigenvalue weighted by atomic mass is 9.96. The first-order chi connectivity index (χ1) is 6.20. The van der Waals surface area contributed by atoms with Gasteiger partial charge in [0.15, 0.2) is 0 Å². The molecule has 3 nitrogen and oxygen atoms in total. The predicted molar refractivity (Wildman–Crippen MR) is 49.8 cm³/mol. The molecule has 2 N–H and O–H groups in total. The van der Waals surface area contributed by atoms with Crippen molar-refractivity contribution in [1.29, 1.82) is 0 Å². The van der Waals surface area contributed by atoms with Gasteiger partial charge in [-0.1, -0.05) is 24.3 Å². The van der Waals surface area contributed by atoms with E-state index >= 15 is 0 Å². The summed E-state index contributed by atoms with van der Waals surface area (Å²) in [6.45, 7) is 0.669. The number of benzene rings is 1. The van der Waals surface area contributed by atoms with E-state index in [2.05, 4.69) is 0 Å². The average molecular weight is 176 g/mol. The third-order valence-corrected chi connectivity index (χ3v) is 2.44. The molecule has 2 rings (SSSR count). The number of carbonyl (C=O) groups is 1. The molecule has 1 atom stereocenters. The summed E-state index contributed by atoms with van der Waals surface area (Å²) in [5, 5.41) is 0. The fourth-order valence-electron chi connectivity index (χ4n) is 1.69. The van der Waals surface area contributed by atoms with Crippen molar-refractivity contribution < 1.29 is 4.79 Å². The summed E-state index contributed by atoms with van der Waals surface area (Å²) >= 11 is 0. The molecule has 1 aliphatic rings. The van der Waals surface area contributed by atoms with E-state index in [-0.39, 0.29) is 5.91 Å². The Kier molecular flexibility index (Phi) is 1.81. The van der Waals surface area contributed by atoms with E-state index in [0.29, 0.717) is 6.54 Å². The molecule has 0 radical (unpaired) electrons. The van der Waals surface area contributed by atoms with E-state index < -0.39 is 6.04 Å². The van der Waals surface area contributed by atoms with Crippen molar-refractivity contribution in [3.05, 3.63) is 35.4 Å². The smallest absolute Gasteiger partial charge is 0.244 e. The average Bonchev–Trinajstić information content (AvgIpc) is 2.15. The third-order valence-electron chi connectivity index (χ3n) is 2.44. The molecule has 1 aromatic carbocycles. The first kappa shape index (κ1) is 8.26. The van der Waals surface area contributed by atoms with Crippen molar-refractivity contribution in [3.63, 3.8) is 0 Å². The quantitative estimate of drug-likeness (QED) is 0.631. The molecule has 0 aliphatic carbocycles. The molecular formula is C10H12N2O. The maximum atomic E-state index is 11.5. The van der Waals surface area contributed by atoms with Gasteiger partial charge in [0.1, 0.15) is 6.04 Å². The summed E-state index contributed by atoms with van der Waals surface area (Å²) in [5.74, 6) is -0.00120. The number of fused-ring (bicyclic) bond motifs is 1. The molecule has 1 aliphatic heterocycles. The number of nitrogens with two attached hydrogens (primary N) is 1. The van der Waals surface area contributed by atoms with Crippen LogP contribution in [0.2, 0.25) is 0 Å². The molecule has 0 fully saturated rings. The zero-order valence-electron chi connectivity index (χ0n) is 7.53. The van der Waals surface area contributed by atoms with E-state index in [4.69, 9.17) is 5.73 Å². The third kappa shape index (κ3) is 1.21. The predicted octanol–water partition coefficient (Wildman–Crippen LogP) is 0.658. The molecular weight excluding hydrogens is 164 g/mol. The van der Waals surface area contributed by atoms with Crippen molar-refractivity contribution >= 4 is 5.91 Å². The molecule has 1 amide bonds. The van der Waals surface area contributed by atoms with E-state index in [1.54, 1.807) is 11.9 Å². The molecule has 3 heteroatoms. The molecule has 0 saturated heterocycles. The highest BCUT2D eigenvalue weighted by Gasteiger charge is 2.27. The first-order valence-electron chi connectivity index (χ1n) is 4.28. The van der Waals surface area contributed by atoms with Crippen LogP contribution in [0.3, 0.4) is 0 Å². The second kappa shape index (κ2) is 2.85. The summed E-state index contributed by atoms with van der Waals surface area (Å²) in [4.78, 5) is 13.1. The van der Waals surface area contributed by atoms with E-state index in [1.165, 1.54) is 0 Å². The summed E-state index contributed by atoms with van der Waals surface area (Å²) in [6, 6.07) is 7.34. The van der Waals surface area contributed by atoms with Crippen LogP contribution in [-0.2, 0) is 11.3 Å². The van der Waals surface area contributed by atoms with Crippen LogP contribution < -0.4 is 5.73 Å². The van der Waals surface area contributed by atoms with Gasteiger partial charge in [0, 0.05) is 13.6 Å². The largest absolute Gasteiger partial charge is 0.340 e. The summed E-state index contributed by atoms with van der Waals surface area (Å²) in [5.41, 5.74) is 7.90. The second-order valence-corrected chi connectivity index (χ2v) is 3.37. The number of rotatable bonds is 0. The topological polar surface area (TPSA) is 46.3 Å². The molecule has 0 unspecified atom stereocenters. The van der Waals surface area contributed by atoms with Gasteiger partial charge in [-0.3, -0.25) is 4.79 Å². The maximum absolute atomic E-state index is 11.5. The van der Waals surface area contributed by atoms with Crippen molar-refractivity contribution in [2.75, 3.05) is 7.05 Å². The minimum atomic E-state index is -0.477. The van der Waals surface area contributed by atoms with Gasteiger partial charge < -0.3 is 10.6 Å². The van der Waals surface area contributed by atoms with Gasteiger partial charge in [-0.2, -0.15) is 0 Å². The highest BCUT2D eigenvalue weighted by atomic mass is 16.2. The van der Waals surface area contributed by atoms with Crippen LogP contribution in [0.5, 0.6) is 0 Å². The maximum Gasteiger partial charge on any atom is 0.244 e. The lowest BCUT2D eigenvalue weighted by Crippen LogP contribution is -2.40. The van der Waals surface area contributed by atoms with Crippen LogP contribution in [-0.4, -0.2) is 17.9 Å². The Morgan fingerprint density at radius 3 is 2.92 bits per heavy atom. The first-order valence-corrected chi connectivity index (χ1v) is 4.28. The normalized spacial score (nSPS) is 21.5. The number of likely N-dealkylation sites (N-methyl/N-ethyl adjacent to an activating group) is 1. The Labute approximate surface area is 77.1 Å². The molecule has 13 heavy (non-hydrogen) atoms. The van der Waals surface area contributed by atoms with E-state index in [9.17, 15) is 4.79 Å². The van der Waals surface area contributed by atoms with Crippen LogP contribution in [0.25, 0.3) is 0 Å². The summed E-state index contributed by atoms with van der Waals surface area (Å²) in [6.07, 6.45) is 0. The number of hydrogen-bond acceptors (Lipinski definition) is 2. The van der Waals surface area contributed by atoms with E-state index in [1.807, 2.05) is 24.3 Å². The fourth-order valence-corrected chi connectivity index (χ4v) is 1.69. The number of amides is 1. The fraction of sp³-hybridized carbons (Fsp3) is 0.300. The lowest BCUT2D eigenvalue weighted by molar-refractivity contribution is -0.132. The Balaban J connectivity index is 2.49. The van der Waals surface area contributed by atoms with Gasteiger partial charge in [-0.05, 0) is 11.1 Å². The zero-order chi connectivity index (χ0) is 9.42. The van der Waals surface area contributed by atoms with Crippen molar-refractivity contribution in [2.45, 2.75) is 12.6 Å². The molecule has 1 heterocycles. The lowest BCUT2D eigenvalue weighted by Gasteiger charge is -2.29. The van der Waals surface area contributed by atoms with Crippen molar-refractivity contribution in [2.24, 2.45) is 5.73 Å². The van der Waals surface area contributed by atoms with Gasteiger partial charge in [-0.25, -0.2) is 0 Å². The summed E-state index contributed by atoms with van der Waals surface area (Å²) in [7, 11) is 1.78. The highest BCUT2D eigenvalue weighted by Crippen LogP contribution is 2.24. The highest BCUT2D eigenvalue weighted by molar-refractivity contribution is 5.84. The Morgan fingerprint density at radius 1 is 1.46 bits per heavy atom. The zero-order valence-corrected chi connectivity index (χ0v) is 7.53. The van der Waals surface area contributed by atoms with Gasteiger partial charge in [-0.15, -0.1) is 0 Å². The molecule has 1 aromatic rings. The SMILES string of the molecule is CN1Cc2ccccc2[C@H](N)C1=O. The van der Waals surface area contributed by atoms with Crippen molar-refractivity contribution in [1.82, 2.24) is 4.90 Å². The van der Waals surface area contributed by atoms with Gasteiger partial charge in [0.2, 0.25) is 5.91 Å². The molecule has 0 bridgehead atoms. The number of hydrogen-bond donors (Lipinski definition) is 1. The Morgan fingerprint density at radius 2 is 2.15 bits per heavy atom. The molecule has 0 aromatic heterocycles. The van der Waals surface area contributed by atoms with Gasteiger partial charge in [0.25, 0.3) is 0 Å². The van der Waals surface area contributed by atoms with Gasteiger partial charge >= 0.3 is 0 Å². The van der Waals surface area contributed by atoms with Crippen LogP contribution in [0, 0.1) is 0 Å².